The standard InChI is InChI=1S/C8H12N2O/c1-3-6-4-7(11-2)8(9)10-5-6/h4-5H,3H2,1-2H3,(H2,9,10). The molecule has 0 saturated carbocycles. The lowest BCUT2D eigenvalue weighted by atomic mass is 10.2. The van der Waals surface area contributed by atoms with Crippen molar-refractivity contribution >= 4 is 5.82 Å². The van der Waals surface area contributed by atoms with Gasteiger partial charge in [0.15, 0.2) is 11.6 Å². The summed E-state index contributed by atoms with van der Waals surface area (Å²) in [4.78, 5) is 3.97. The molecule has 2 N–H and O–H groups in total. The molecule has 0 fully saturated rings. The number of rotatable bonds is 2. The summed E-state index contributed by atoms with van der Waals surface area (Å²) in [6, 6.07) is 1.91. The van der Waals surface area contributed by atoms with Crippen molar-refractivity contribution in [1.29, 1.82) is 0 Å². The van der Waals surface area contributed by atoms with E-state index in [2.05, 4.69) is 11.9 Å². The molecule has 0 aromatic carbocycles. The summed E-state index contributed by atoms with van der Waals surface area (Å²) >= 11 is 0. The van der Waals surface area contributed by atoms with E-state index in [1.807, 2.05) is 6.07 Å². The van der Waals surface area contributed by atoms with Crippen LogP contribution in [0.15, 0.2) is 12.3 Å². The number of hydrogen-bond acceptors (Lipinski definition) is 3. The molecular weight excluding hydrogens is 140 g/mol. The van der Waals surface area contributed by atoms with Crippen LogP contribution < -0.4 is 10.5 Å². The summed E-state index contributed by atoms with van der Waals surface area (Å²) in [5.41, 5.74) is 6.65. The fourth-order valence-electron chi connectivity index (χ4n) is 0.853. The number of anilines is 1. The highest BCUT2D eigenvalue weighted by atomic mass is 16.5. The third kappa shape index (κ3) is 1.61. The monoisotopic (exact) mass is 152 g/mol. The van der Waals surface area contributed by atoms with Crippen molar-refractivity contribution in [2.75, 3.05) is 12.8 Å². The van der Waals surface area contributed by atoms with Gasteiger partial charge in [0.25, 0.3) is 0 Å². The van der Waals surface area contributed by atoms with Gasteiger partial charge in [0, 0.05) is 6.20 Å². The van der Waals surface area contributed by atoms with E-state index in [1.54, 1.807) is 13.3 Å². The van der Waals surface area contributed by atoms with Crippen molar-refractivity contribution in [3.05, 3.63) is 17.8 Å². The topological polar surface area (TPSA) is 48.1 Å². The van der Waals surface area contributed by atoms with Gasteiger partial charge in [0.05, 0.1) is 7.11 Å². The van der Waals surface area contributed by atoms with Gasteiger partial charge in [0.2, 0.25) is 0 Å². The molecule has 0 aliphatic rings. The first-order chi connectivity index (χ1) is 5.27. The van der Waals surface area contributed by atoms with E-state index in [0.29, 0.717) is 11.6 Å². The quantitative estimate of drug-likeness (QED) is 0.693. The molecule has 1 heterocycles. The first-order valence-corrected chi connectivity index (χ1v) is 3.56. The summed E-state index contributed by atoms with van der Waals surface area (Å²) in [5.74, 6) is 1.11. The van der Waals surface area contributed by atoms with Gasteiger partial charge in [-0.2, -0.15) is 0 Å². The van der Waals surface area contributed by atoms with Gasteiger partial charge in [-0.05, 0) is 18.1 Å². The average Bonchev–Trinajstić information content (AvgIpc) is 2.05. The van der Waals surface area contributed by atoms with Crippen LogP contribution in [-0.2, 0) is 6.42 Å². The Labute approximate surface area is 66.2 Å². The molecular formula is C8H12N2O. The highest BCUT2D eigenvalue weighted by molar-refractivity contribution is 5.46. The maximum absolute atomic E-state index is 5.52. The predicted molar refractivity (Wildman–Crippen MR) is 44.6 cm³/mol. The molecule has 11 heavy (non-hydrogen) atoms. The smallest absolute Gasteiger partial charge is 0.166 e. The Morgan fingerprint density at radius 1 is 1.64 bits per heavy atom. The van der Waals surface area contributed by atoms with Crippen molar-refractivity contribution < 1.29 is 4.74 Å². The highest BCUT2D eigenvalue weighted by Gasteiger charge is 1.99. The van der Waals surface area contributed by atoms with Crippen molar-refractivity contribution in [2.45, 2.75) is 13.3 Å². The summed E-state index contributed by atoms with van der Waals surface area (Å²) < 4.78 is 5.00. The molecule has 0 radical (unpaired) electrons. The molecule has 1 rings (SSSR count). The van der Waals surface area contributed by atoms with Gasteiger partial charge in [0.1, 0.15) is 0 Å². The second kappa shape index (κ2) is 3.23. The van der Waals surface area contributed by atoms with E-state index in [4.69, 9.17) is 10.5 Å². The summed E-state index contributed by atoms with van der Waals surface area (Å²) in [7, 11) is 1.59. The van der Waals surface area contributed by atoms with Gasteiger partial charge in [-0.25, -0.2) is 4.98 Å². The number of nitrogens with two attached hydrogens (primary N) is 1. The third-order valence-corrected chi connectivity index (χ3v) is 1.57. The zero-order valence-corrected chi connectivity index (χ0v) is 6.79. The molecule has 3 heteroatoms. The van der Waals surface area contributed by atoms with E-state index < -0.39 is 0 Å². The average molecular weight is 152 g/mol. The maximum atomic E-state index is 5.52. The predicted octanol–water partition coefficient (Wildman–Crippen LogP) is 1.23. The minimum absolute atomic E-state index is 0.449. The minimum atomic E-state index is 0.449. The summed E-state index contributed by atoms with van der Waals surface area (Å²) in [6.45, 7) is 2.06. The van der Waals surface area contributed by atoms with E-state index in [9.17, 15) is 0 Å². The molecule has 0 unspecified atom stereocenters. The SMILES string of the molecule is CCc1cnc(N)c(OC)c1. The van der Waals surface area contributed by atoms with E-state index in [-0.39, 0.29) is 0 Å². The maximum Gasteiger partial charge on any atom is 0.166 e. The molecule has 60 valence electrons. The van der Waals surface area contributed by atoms with Crippen molar-refractivity contribution in [2.24, 2.45) is 0 Å². The van der Waals surface area contributed by atoms with Gasteiger partial charge < -0.3 is 10.5 Å². The number of nitrogen functional groups attached to an aromatic ring is 1. The summed E-state index contributed by atoms with van der Waals surface area (Å²) in [5, 5.41) is 0. The van der Waals surface area contributed by atoms with E-state index in [0.717, 1.165) is 12.0 Å². The first kappa shape index (κ1) is 7.85. The second-order valence-corrected chi connectivity index (χ2v) is 2.28. The Hall–Kier alpha value is -1.25. The molecule has 1 aromatic heterocycles. The Kier molecular flexibility index (Phi) is 2.31. The van der Waals surface area contributed by atoms with Gasteiger partial charge >= 0.3 is 0 Å². The van der Waals surface area contributed by atoms with Gasteiger partial charge in [-0.3, -0.25) is 0 Å². The van der Waals surface area contributed by atoms with Crippen LogP contribution in [0.4, 0.5) is 5.82 Å². The third-order valence-electron chi connectivity index (χ3n) is 1.57. The number of aromatic nitrogens is 1. The van der Waals surface area contributed by atoms with Crippen LogP contribution in [0.1, 0.15) is 12.5 Å². The van der Waals surface area contributed by atoms with E-state index in [1.165, 1.54) is 0 Å². The fraction of sp³-hybridized carbons (Fsp3) is 0.375. The molecule has 0 saturated heterocycles. The van der Waals surface area contributed by atoms with Crippen LogP contribution in [0.2, 0.25) is 0 Å². The number of methoxy groups -OCH3 is 1. The first-order valence-electron chi connectivity index (χ1n) is 3.56. The Balaban J connectivity index is 3.02. The second-order valence-electron chi connectivity index (χ2n) is 2.28. The van der Waals surface area contributed by atoms with Crippen molar-refractivity contribution in [3.8, 4) is 5.75 Å². The Bertz CT molecular complexity index is 248. The zero-order valence-electron chi connectivity index (χ0n) is 6.79. The molecule has 0 amide bonds. The lowest BCUT2D eigenvalue weighted by molar-refractivity contribution is 0.415. The molecule has 0 spiro atoms. The van der Waals surface area contributed by atoms with Gasteiger partial charge in [-0.15, -0.1) is 0 Å². The molecule has 0 aliphatic carbocycles. The molecule has 3 nitrogen and oxygen atoms in total. The minimum Gasteiger partial charge on any atom is -0.493 e. The number of nitrogens with zero attached hydrogens (tertiary/aromatic N) is 1. The normalized spacial score (nSPS) is 9.64. The Morgan fingerprint density at radius 2 is 2.36 bits per heavy atom. The largest absolute Gasteiger partial charge is 0.493 e. The van der Waals surface area contributed by atoms with E-state index >= 15 is 0 Å². The lowest BCUT2D eigenvalue weighted by Gasteiger charge is -2.03. The number of ether oxygens (including phenoxy) is 1. The number of hydrogen-bond donors (Lipinski definition) is 1. The molecule has 0 atom stereocenters. The molecule has 0 bridgehead atoms. The van der Waals surface area contributed by atoms with Crippen LogP contribution in [0.5, 0.6) is 5.75 Å². The molecule has 0 aliphatic heterocycles. The number of aryl methyl sites for hydroxylation is 1. The highest BCUT2D eigenvalue weighted by Crippen LogP contribution is 2.18. The van der Waals surface area contributed by atoms with Crippen molar-refractivity contribution in [3.63, 3.8) is 0 Å². The van der Waals surface area contributed by atoms with Crippen LogP contribution >= 0.6 is 0 Å². The van der Waals surface area contributed by atoms with Crippen molar-refractivity contribution in [1.82, 2.24) is 4.98 Å². The van der Waals surface area contributed by atoms with Crippen LogP contribution in [0.25, 0.3) is 0 Å². The lowest BCUT2D eigenvalue weighted by Crippen LogP contribution is -1.96. The van der Waals surface area contributed by atoms with Crippen LogP contribution in [0, 0.1) is 0 Å². The zero-order chi connectivity index (χ0) is 8.27. The number of pyridine rings is 1. The summed E-state index contributed by atoms with van der Waals surface area (Å²) in [6.07, 6.45) is 2.71. The fourth-order valence-corrected chi connectivity index (χ4v) is 0.853. The molecule has 1 aromatic rings. The van der Waals surface area contributed by atoms with Crippen LogP contribution in [0.3, 0.4) is 0 Å². The van der Waals surface area contributed by atoms with Crippen LogP contribution in [-0.4, -0.2) is 12.1 Å². The van der Waals surface area contributed by atoms with Gasteiger partial charge in [-0.1, -0.05) is 6.92 Å². The Morgan fingerprint density at radius 3 is 2.91 bits per heavy atom.